The second-order valence-corrected chi connectivity index (χ2v) is 4.05. The Bertz CT molecular complexity index is 492. The van der Waals surface area contributed by atoms with Crippen LogP contribution in [0.2, 0.25) is 0 Å². The molecular weight excluding hydrogens is 215 g/mol. The van der Waals surface area contributed by atoms with Crippen molar-refractivity contribution in [3.63, 3.8) is 0 Å². The summed E-state index contributed by atoms with van der Waals surface area (Å²) >= 11 is 0. The van der Waals surface area contributed by atoms with Crippen molar-refractivity contribution in [2.24, 2.45) is 0 Å². The van der Waals surface area contributed by atoms with Crippen molar-refractivity contribution in [3.05, 3.63) is 54.3 Å². The van der Waals surface area contributed by atoms with E-state index >= 15 is 0 Å². The Balaban J connectivity index is 2.17. The number of nitrogens with one attached hydrogen (secondary N) is 1. The zero-order chi connectivity index (χ0) is 12.3. The van der Waals surface area contributed by atoms with Gasteiger partial charge in [-0.1, -0.05) is 12.1 Å². The van der Waals surface area contributed by atoms with E-state index in [0.29, 0.717) is 5.69 Å². The first-order chi connectivity index (χ1) is 8.16. The summed E-state index contributed by atoms with van der Waals surface area (Å²) < 4.78 is 13.4. The lowest BCUT2D eigenvalue weighted by atomic mass is 10.2. The molecule has 0 unspecified atom stereocenters. The summed E-state index contributed by atoms with van der Waals surface area (Å²) in [5.74, 6) is -0.246. The second kappa shape index (κ2) is 4.87. The molecule has 88 valence electrons. The number of halogens is 1. The van der Waals surface area contributed by atoms with Gasteiger partial charge in [-0.25, -0.2) is 4.39 Å². The molecule has 17 heavy (non-hydrogen) atoms. The SMILES string of the molecule is CN(C)c1ccc(Nc2ccccc2F)cc1. The van der Waals surface area contributed by atoms with Gasteiger partial charge in [-0.2, -0.15) is 0 Å². The quantitative estimate of drug-likeness (QED) is 0.866. The predicted octanol–water partition coefficient (Wildman–Crippen LogP) is 3.64. The molecule has 0 saturated carbocycles. The molecule has 2 rings (SSSR count). The highest BCUT2D eigenvalue weighted by atomic mass is 19.1. The molecule has 3 heteroatoms. The van der Waals surface area contributed by atoms with Crippen molar-refractivity contribution in [1.82, 2.24) is 0 Å². The van der Waals surface area contributed by atoms with Crippen LogP contribution in [0.15, 0.2) is 48.5 Å². The number of anilines is 3. The fraction of sp³-hybridized carbons (Fsp3) is 0.143. The van der Waals surface area contributed by atoms with E-state index in [0.717, 1.165) is 11.4 Å². The van der Waals surface area contributed by atoms with Crippen molar-refractivity contribution in [1.29, 1.82) is 0 Å². The lowest BCUT2D eigenvalue weighted by molar-refractivity contribution is 0.632. The lowest BCUT2D eigenvalue weighted by Gasteiger charge is -2.13. The third-order valence-electron chi connectivity index (χ3n) is 2.54. The number of hydrogen-bond acceptors (Lipinski definition) is 2. The molecule has 0 aliphatic rings. The number of para-hydroxylation sites is 1. The van der Waals surface area contributed by atoms with E-state index in [2.05, 4.69) is 5.32 Å². The van der Waals surface area contributed by atoms with Crippen LogP contribution in [0.4, 0.5) is 21.5 Å². The molecule has 0 radical (unpaired) electrons. The Kier molecular flexibility index (Phi) is 3.28. The van der Waals surface area contributed by atoms with Crippen molar-refractivity contribution >= 4 is 17.1 Å². The fourth-order valence-electron chi connectivity index (χ4n) is 1.56. The van der Waals surface area contributed by atoms with Crippen LogP contribution in [-0.2, 0) is 0 Å². The molecule has 2 aromatic carbocycles. The molecule has 0 spiro atoms. The van der Waals surface area contributed by atoms with Crippen LogP contribution in [0, 0.1) is 5.82 Å². The summed E-state index contributed by atoms with van der Waals surface area (Å²) in [5.41, 5.74) is 2.48. The van der Waals surface area contributed by atoms with Gasteiger partial charge in [-0.3, -0.25) is 0 Å². The van der Waals surface area contributed by atoms with E-state index in [1.54, 1.807) is 18.2 Å². The van der Waals surface area contributed by atoms with E-state index in [4.69, 9.17) is 0 Å². The van der Waals surface area contributed by atoms with E-state index < -0.39 is 0 Å². The smallest absolute Gasteiger partial charge is 0.146 e. The molecule has 2 nitrogen and oxygen atoms in total. The molecule has 0 saturated heterocycles. The maximum atomic E-state index is 13.4. The standard InChI is InChI=1S/C14H15FN2/c1-17(2)12-9-7-11(8-10-12)16-14-6-4-3-5-13(14)15/h3-10,16H,1-2H3. The van der Waals surface area contributed by atoms with E-state index in [1.807, 2.05) is 43.3 Å². The first kappa shape index (κ1) is 11.5. The molecule has 2 aromatic rings. The largest absolute Gasteiger partial charge is 0.378 e. The Labute approximate surface area is 101 Å². The van der Waals surface area contributed by atoms with Crippen LogP contribution in [0.1, 0.15) is 0 Å². The fourth-order valence-corrected chi connectivity index (χ4v) is 1.56. The van der Waals surface area contributed by atoms with Crippen LogP contribution in [0.5, 0.6) is 0 Å². The minimum absolute atomic E-state index is 0.246. The van der Waals surface area contributed by atoms with Crippen molar-refractivity contribution in [2.45, 2.75) is 0 Å². The monoisotopic (exact) mass is 230 g/mol. The highest BCUT2D eigenvalue weighted by Gasteiger charge is 2.01. The highest BCUT2D eigenvalue weighted by Crippen LogP contribution is 2.21. The van der Waals surface area contributed by atoms with Crippen molar-refractivity contribution in [2.75, 3.05) is 24.3 Å². The van der Waals surface area contributed by atoms with Gasteiger partial charge in [-0.15, -0.1) is 0 Å². The lowest BCUT2D eigenvalue weighted by Crippen LogP contribution is -2.08. The molecule has 0 aromatic heterocycles. The normalized spacial score (nSPS) is 10.1. The Hall–Kier alpha value is -2.03. The molecule has 0 aliphatic carbocycles. The van der Waals surface area contributed by atoms with Crippen molar-refractivity contribution < 1.29 is 4.39 Å². The van der Waals surface area contributed by atoms with E-state index in [1.165, 1.54) is 6.07 Å². The topological polar surface area (TPSA) is 15.3 Å². The van der Waals surface area contributed by atoms with Crippen molar-refractivity contribution in [3.8, 4) is 0 Å². The summed E-state index contributed by atoms with van der Waals surface area (Å²) in [6, 6.07) is 14.5. The molecule has 0 atom stereocenters. The van der Waals surface area contributed by atoms with Crippen LogP contribution in [0.25, 0.3) is 0 Å². The number of benzene rings is 2. The Morgan fingerprint density at radius 3 is 2.18 bits per heavy atom. The third-order valence-corrected chi connectivity index (χ3v) is 2.54. The molecular formula is C14H15FN2. The van der Waals surface area contributed by atoms with E-state index in [9.17, 15) is 4.39 Å². The second-order valence-electron chi connectivity index (χ2n) is 4.05. The number of rotatable bonds is 3. The van der Waals surface area contributed by atoms with Gasteiger partial charge < -0.3 is 10.2 Å². The first-order valence-corrected chi connectivity index (χ1v) is 5.46. The third kappa shape index (κ3) is 2.75. The number of nitrogens with zero attached hydrogens (tertiary/aromatic N) is 1. The molecule has 0 bridgehead atoms. The minimum atomic E-state index is -0.246. The van der Waals surface area contributed by atoms with Crippen LogP contribution >= 0.6 is 0 Å². The Morgan fingerprint density at radius 2 is 1.59 bits per heavy atom. The van der Waals surface area contributed by atoms with E-state index in [-0.39, 0.29) is 5.82 Å². The van der Waals surface area contributed by atoms with Gasteiger partial charge in [0.15, 0.2) is 0 Å². The Morgan fingerprint density at radius 1 is 0.941 bits per heavy atom. The molecule has 0 heterocycles. The molecule has 0 aliphatic heterocycles. The van der Waals surface area contributed by atoms with Gasteiger partial charge in [0, 0.05) is 25.5 Å². The summed E-state index contributed by atoms with van der Waals surface area (Å²) in [6.45, 7) is 0. The van der Waals surface area contributed by atoms with Crippen LogP contribution in [0.3, 0.4) is 0 Å². The minimum Gasteiger partial charge on any atom is -0.378 e. The van der Waals surface area contributed by atoms with Gasteiger partial charge >= 0.3 is 0 Å². The molecule has 1 N–H and O–H groups in total. The number of hydrogen-bond donors (Lipinski definition) is 1. The summed E-state index contributed by atoms with van der Waals surface area (Å²) in [7, 11) is 3.97. The maximum Gasteiger partial charge on any atom is 0.146 e. The summed E-state index contributed by atoms with van der Waals surface area (Å²) in [4.78, 5) is 2.02. The average Bonchev–Trinajstić information content (AvgIpc) is 2.33. The highest BCUT2D eigenvalue weighted by molar-refractivity contribution is 5.63. The molecule has 0 fully saturated rings. The van der Waals surface area contributed by atoms with Gasteiger partial charge in [0.05, 0.1) is 5.69 Å². The summed E-state index contributed by atoms with van der Waals surface area (Å²) in [6.07, 6.45) is 0. The summed E-state index contributed by atoms with van der Waals surface area (Å²) in [5, 5.41) is 3.04. The van der Waals surface area contributed by atoms with Gasteiger partial charge in [-0.05, 0) is 36.4 Å². The van der Waals surface area contributed by atoms with Gasteiger partial charge in [0.2, 0.25) is 0 Å². The zero-order valence-electron chi connectivity index (χ0n) is 9.94. The first-order valence-electron chi connectivity index (χ1n) is 5.46. The van der Waals surface area contributed by atoms with Crippen LogP contribution in [-0.4, -0.2) is 14.1 Å². The average molecular weight is 230 g/mol. The predicted molar refractivity (Wildman–Crippen MR) is 70.5 cm³/mol. The zero-order valence-corrected chi connectivity index (χ0v) is 9.94. The van der Waals surface area contributed by atoms with Gasteiger partial charge in [0.1, 0.15) is 5.82 Å². The maximum absolute atomic E-state index is 13.4. The van der Waals surface area contributed by atoms with Crippen LogP contribution < -0.4 is 10.2 Å². The van der Waals surface area contributed by atoms with Gasteiger partial charge in [0.25, 0.3) is 0 Å². The molecule has 0 amide bonds.